The van der Waals surface area contributed by atoms with Gasteiger partial charge in [-0.05, 0) is 50.2 Å². The SMILES string of the molecule is COc1ccc(-c2nnc([C@@H](C)OC(=O)c3cccc(C)c3)o2)cc1. The summed E-state index contributed by atoms with van der Waals surface area (Å²) in [7, 11) is 1.60. The Bertz CT molecular complexity index is 871. The van der Waals surface area contributed by atoms with Crippen molar-refractivity contribution in [1.29, 1.82) is 0 Å². The van der Waals surface area contributed by atoms with Gasteiger partial charge >= 0.3 is 5.97 Å². The molecular weight excluding hydrogens is 320 g/mol. The lowest BCUT2D eigenvalue weighted by molar-refractivity contribution is 0.0280. The van der Waals surface area contributed by atoms with Crippen LogP contribution < -0.4 is 4.74 Å². The highest BCUT2D eigenvalue weighted by Crippen LogP contribution is 2.24. The number of hydrogen-bond acceptors (Lipinski definition) is 6. The van der Waals surface area contributed by atoms with E-state index in [-0.39, 0.29) is 5.89 Å². The van der Waals surface area contributed by atoms with E-state index in [1.165, 1.54) is 0 Å². The average molecular weight is 338 g/mol. The van der Waals surface area contributed by atoms with Crippen molar-refractivity contribution in [2.75, 3.05) is 7.11 Å². The van der Waals surface area contributed by atoms with Crippen molar-refractivity contribution in [2.24, 2.45) is 0 Å². The lowest BCUT2D eigenvalue weighted by Crippen LogP contribution is -2.09. The largest absolute Gasteiger partial charge is 0.497 e. The van der Waals surface area contributed by atoms with Crippen molar-refractivity contribution >= 4 is 5.97 Å². The molecule has 3 rings (SSSR count). The molecule has 0 bridgehead atoms. The Morgan fingerprint density at radius 3 is 2.56 bits per heavy atom. The number of methoxy groups -OCH3 is 1. The maximum atomic E-state index is 12.2. The highest BCUT2D eigenvalue weighted by Gasteiger charge is 2.20. The van der Waals surface area contributed by atoms with Crippen LogP contribution in [0.4, 0.5) is 0 Å². The molecule has 0 spiro atoms. The molecule has 1 aromatic heterocycles. The minimum Gasteiger partial charge on any atom is -0.497 e. The fraction of sp³-hybridized carbons (Fsp3) is 0.211. The summed E-state index contributed by atoms with van der Waals surface area (Å²) in [4.78, 5) is 12.2. The van der Waals surface area contributed by atoms with Crippen LogP contribution in [0.25, 0.3) is 11.5 Å². The van der Waals surface area contributed by atoms with Gasteiger partial charge in [-0.3, -0.25) is 0 Å². The number of carbonyl (C=O) groups excluding carboxylic acids is 1. The molecule has 0 saturated carbocycles. The molecule has 0 unspecified atom stereocenters. The van der Waals surface area contributed by atoms with Crippen molar-refractivity contribution in [3.8, 4) is 17.2 Å². The van der Waals surface area contributed by atoms with Crippen LogP contribution in [0.5, 0.6) is 5.75 Å². The number of esters is 1. The fourth-order valence-electron chi connectivity index (χ4n) is 2.30. The highest BCUT2D eigenvalue weighted by molar-refractivity contribution is 5.89. The van der Waals surface area contributed by atoms with Crippen molar-refractivity contribution in [3.05, 3.63) is 65.5 Å². The molecule has 2 aromatic carbocycles. The van der Waals surface area contributed by atoms with E-state index in [9.17, 15) is 4.79 Å². The zero-order valence-corrected chi connectivity index (χ0v) is 14.2. The smallest absolute Gasteiger partial charge is 0.338 e. The molecule has 6 nitrogen and oxygen atoms in total. The van der Waals surface area contributed by atoms with Crippen LogP contribution in [0, 0.1) is 6.92 Å². The first kappa shape index (κ1) is 16.7. The Morgan fingerprint density at radius 1 is 1.12 bits per heavy atom. The second-order valence-corrected chi connectivity index (χ2v) is 5.59. The summed E-state index contributed by atoms with van der Waals surface area (Å²) < 4.78 is 16.2. The molecule has 25 heavy (non-hydrogen) atoms. The third kappa shape index (κ3) is 3.85. The number of aryl methyl sites for hydroxylation is 1. The van der Waals surface area contributed by atoms with Crippen LogP contribution in [-0.4, -0.2) is 23.3 Å². The Balaban J connectivity index is 1.71. The summed E-state index contributed by atoms with van der Waals surface area (Å²) in [5, 5.41) is 7.98. The molecule has 0 aliphatic rings. The summed E-state index contributed by atoms with van der Waals surface area (Å²) in [6.45, 7) is 3.61. The van der Waals surface area contributed by atoms with Crippen LogP contribution in [-0.2, 0) is 4.74 Å². The van der Waals surface area contributed by atoms with Crippen LogP contribution >= 0.6 is 0 Å². The van der Waals surface area contributed by atoms with Gasteiger partial charge in [0.05, 0.1) is 12.7 Å². The van der Waals surface area contributed by atoms with Crippen LogP contribution in [0.3, 0.4) is 0 Å². The number of hydrogen-bond donors (Lipinski definition) is 0. The van der Waals surface area contributed by atoms with Crippen LogP contribution in [0.1, 0.15) is 34.8 Å². The predicted octanol–water partition coefficient (Wildman–Crippen LogP) is 3.97. The number of benzene rings is 2. The Labute approximate surface area is 145 Å². The summed E-state index contributed by atoms with van der Waals surface area (Å²) in [6.07, 6.45) is -0.646. The molecule has 1 heterocycles. The van der Waals surface area contributed by atoms with Gasteiger partial charge in [-0.25, -0.2) is 4.79 Å². The molecular formula is C19H18N2O4. The molecule has 0 N–H and O–H groups in total. The topological polar surface area (TPSA) is 74.5 Å². The fourth-order valence-corrected chi connectivity index (χ4v) is 2.30. The van der Waals surface area contributed by atoms with Crippen molar-refractivity contribution in [2.45, 2.75) is 20.0 Å². The van der Waals surface area contributed by atoms with Crippen molar-refractivity contribution in [3.63, 3.8) is 0 Å². The zero-order valence-electron chi connectivity index (χ0n) is 14.2. The molecule has 0 amide bonds. The second-order valence-electron chi connectivity index (χ2n) is 5.59. The van der Waals surface area contributed by atoms with Crippen LogP contribution in [0.2, 0.25) is 0 Å². The third-order valence-corrected chi connectivity index (χ3v) is 3.66. The van der Waals surface area contributed by atoms with Gasteiger partial charge in [0.2, 0.25) is 5.89 Å². The van der Waals surface area contributed by atoms with Crippen molar-refractivity contribution in [1.82, 2.24) is 10.2 Å². The number of nitrogens with zero attached hydrogens (tertiary/aromatic N) is 2. The zero-order chi connectivity index (χ0) is 17.8. The monoisotopic (exact) mass is 338 g/mol. The molecule has 0 aliphatic heterocycles. The van der Waals surface area contributed by atoms with E-state index in [1.54, 1.807) is 38.3 Å². The van der Waals surface area contributed by atoms with Gasteiger partial charge in [-0.15, -0.1) is 10.2 Å². The lowest BCUT2D eigenvalue weighted by Gasteiger charge is -2.09. The maximum Gasteiger partial charge on any atom is 0.338 e. The first-order valence-corrected chi connectivity index (χ1v) is 7.82. The Hall–Kier alpha value is -3.15. The number of rotatable bonds is 5. The van der Waals surface area contributed by atoms with E-state index in [0.29, 0.717) is 11.5 Å². The Morgan fingerprint density at radius 2 is 1.88 bits per heavy atom. The van der Waals surface area contributed by atoms with Crippen LogP contribution in [0.15, 0.2) is 52.9 Å². The van der Waals surface area contributed by atoms with Gasteiger partial charge in [-0.2, -0.15) is 0 Å². The van der Waals surface area contributed by atoms with Gasteiger partial charge < -0.3 is 13.9 Å². The number of carbonyl (C=O) groups is 1. The highest BCUT2D eigenvalue weighted by atomic mass is 16.6. The molecule has 0 radical (unpaired) electrons. The van der Waals surface area contributed by atoms with E-state index in [2.05, 4.69) is 10.2 Å². The summed E-state index contributed by atoms with van der Waals surface area (Å²) in [5.41, 5.74) is 2.24. The third-order valence-electron chi connectivity index (χ3n) is 3.66. The van der Waals surface area contributed by atoms with E-state index in [4.69, 9.17) is 13.9 Å². The predicted molar refractivity (Wildman–Crippen MR) is 91.3 cm³/mol. The molecule has 3 aromatic rings. The van der Waals surface area contributed by atoms with E-state index in [1.807, 2.05) is 31.2 Å². The van der Waals surface area contributed by atoms with E-state index in [0.717, 1.165) is 16.9 Å². The maximum absolute atomic E-state index is 12.2. The Kier molecular flexibility index (Phi) is 4.79. The van der Waals surface area contributed by atoms with Gasteiger partial charge in [0.25, 0.3) is 5.89 Å². The summed E-state index contributed by atoms with van der Waals surface area (Å²) in [6, 6.07) is 14.5. The first-order valence-electron chi connectivity index (χ1n) is 7.82. The standard InChI is InChI=1S/C19H18N2O4/c1-12-5-4-6-15(11-12)19(22)24-13(2)17-20-21-18(25-17)14-7-9-16(23-3)10-8-14/h4-11,13H,1-3H3/t13-/m1/s1. The molecule has 0 aliphatic carbocycles. The van der Waals surface area contributed by atoms with E-state index >= 15 is 0 Å². The van der Waals surface area contributed by atoms with E-state index < -0.39 is 12.1 Å². The van der Waals surface area contributed by atoms with Gasteiger partial charge in [0, 0.05) is 5.56 Å². The summed E-state index contributed by atoms with van der Waals surface area (Å²) >= 11 is 0. The summed E-state index contributed by atoms with van der Waals surface area (Å²) in [5.74, 6) is 0.910. The van der Waals surface area contributed by atoms with Crippen molar-refractivity contribution < 1.29 is 18.7 Å². The molecule has 128 valence electrons. The lowest BCUT2D eigenvalue weighted by atomic mass is 10.1. The molecule has 0 fully saturated rings. The first-order chi connectivity index (χ1) is 12.1. The number of aromatic nitrogens is 2. The van der Waals surface area contributed by atoms with Gasteiger partial charge in [-0.1, -0.05) is 17.7 Å². The minimum atomic E-state index is -0.646. The normalized spacial score (nSPS) is 11.8. The van der Waals surface area contributed by atoms with Gasteiger partial charge in [0.15, 0.2) is 6.10 Å². The average Bonchev–Trinajstić information content (AvgIpc) is 3.12. The minimum absolute atomic E-state index is 0.242. The second kappa shape index (κ2) is 7.17. The van der Waals surface area contributed by atoms with Gasteiger partial charge in [0.1, 0.15) is 5.75 Å². The quantitative estimate of drug-likeness (QED) is 0.655. The number of ether oxygens (including phenoxy) is 2. The molecule has 1 atom stereocenters. The molecule has 6 heteroatoms. The molecule has 0 saturated heterocycles.